The van der Waals surface area contributed by atoms with Gasteiger partial charge in [-0.25, -0.2) is 0 Å². The molecule has 1 aliphatic rings. The molecule has 3 rings (SSSR count). The highest BCUT2D eigenvalue weighted by Crippen LogP contribution is 2.39. The molecule has 4 heteroatoms. The number of ether oxygens (including phenoxy) is 1. The second-order valence-electron chi connectivity index (χ2n) is 5.64. The van der Waals surface area contributed by atoms with Crippen LogP contribution in [0.25, 0.3) is 0 Å². The Morgan fingerprint density at radius 2 is 1.87 bits per heavy atom. The van der Waals surface area contributed by atoms with Crippen molar-refractivity contribution in [2.45, 2.75) is 36.8 Å². The average Bonchev–Trinajstić information content (AvgIpc) is 2.95. The third-order valence-corrected chi connectivity index (χ3v) is 5.27. The van der Waals surface area contributed by atoms with Crippen LogP contribution in [0.15, 0.2) is 54.6 Å². The van der Waals surface area contributed by atoms with Crippen molar-refractivity contribution in [2.24, 2.45) is 0 Å². The molecule has 1 heterocycles. The minimum atomic E-state index is 0.0173. The van der Waals surface area contributed by atoms with Crippen molar-refractivity contribution in [2.75, 3.05) is 0 Å². The number of benzene rings is 2. The monoisotopic (exact) mass is 327 g/mol. The molecular formula is C19H21NO2S. The lowest BCUT2D eigenvalue weighted by atomic mass is 10.2. The summed E-state index contributed by atoms with van der Waals surface area (Å²) >= 11 is 1.71. The average molecular weight is 327 g/mol. The molecule has 1 fully saturated rings. The standard InChI is InChI=1S/C19H21NO2S/c1-2-3-12-17-18(21)20-19(23-17)14-8-7-11-16(13-14)22-15-9-5-4-6-10-15/h4-11,13,17,19H,2-3,12H2,1H3,(H,20,21)/t17-,19-/m1/s1. The molecule has 1 saturated heterocycles. The van der Waals surface area contributed by atoms with Gasteiger partial charge in [0.05, 0.1) is 5.25 Å². The Kier molecular flexibility index (Phi) is 5.23. The summed E-state index contributed by atoms with van der Waals surface area (Å²) in [5.41, 5.74) is 1.08. The van der Waals surface area contributed by atoms with E-state index in [4.69, 9.17) is 4.74 Å². The lowest BCUT2D eigenvalue weighted by molar-refractivity contribution is -0.120. The van der Waals surface area contributed by atoms with Gasteiger partial charge in [0.15, 0.2) is 0 Å². The van der Waals surface area contributed by atoms with Crippen LogP contribution in [0, 0.1) is 0 Å². The molecule has 0 radical (unpaired) electrons. The Morgan fingerprint density at radius 1 is 1.09 bits per heavy atom. The minimum absolute atomic E-state index is 0.0173. The molecule has 23 heavy (non-hydrogen) atoms. The van der Waals surface area contributed by atoms with Gasteiger partial charge >= 0.3 is 0 Å². The molecule has 0 unspecified atom stereocenters. The van der Waals surface area contributed by atoms with E-state index in [1.807, 2.05) is 54.6 Å². The number of unbranched alkanes of at least 4 members (excludes halogenated alkanes) is 1. The first-order valence-corrected chi connectivity index (χ1v) is 8.99. The molecule has 0 aliphatic carbocycles. The Hall–Kier alpha value is -1.94. The van der Waals surface area contributed by atoms with Gasteiger partial charge in [0, 0.05) is 0 Å². The fraction of sp³-hybridized carbons (Fsp3) is 0.316. The second kappa shape index (κ2) is 7.55. The van der Waals surface area contributed by atoms with Crippen LogP contribution in [-0.2, 0) is 4.79 Å². The van der Waals surface area contributed by atoms with Crippen LogP contribution in [0.2, 0.25) is 0 Å². The van der Waals surface area contributed by atoms with Crippen molar-refractivity contribution in [3.63, 3.8) is 0 Å². The number of carbonyl (C=O) groups excluding carboxylic acids is 1. The van der Waals surface area contributed by atoms with Gasteiger partial charge in [-0.2, -0.15) is 0 Å². The smallest absolute Gasteiger partial charge is 0.234 e. The molecular weight excluding hydrogens is 306 g/mol. The Balaban J connectivity index is 1.69. The summed E-state index contributed by atoms with van der Waals surface area (Å²) in [6, 6.07) is 17.7. The van der Waals surface area contributed by atoms with Crippen molar-refractivity contribution < 1.29 is 9.53 Å². The minimum Gasteiger partial charge on any atom is -0.457 e. The number of amides is 1. The molecule has 0 saturated carbocycles. The van der Waals surface area contributed by atoms with Crippen LogP contribution in [0.1, 0.15) is 37.1 Å². The largest absolute Gasteiger partial charge is 0.457 e. The van der Waals surface area contributed by atoms with Gasteiger partial charge in [-0.1, -0.05) is 50.1 Å². The Morgan fingerprint density at radius 3 is 2.65 bits per heavy atom. The van der Waals surface area contributed by atoms with E-state index in [9.17, 15) is 4.79 Å². The fourth-order valence-electron chi connectivity index (χ4n) is 2.60. The van der Waals surface area contributed by atoms with Gasteiger partial charge in [0.1, 0.15) is 16.9 Å². The third-order valence-electron chi connectivity index (χ3n) is 3.83. The van der Waals surface area contributed by atoms with Crippen molar-refractivity contribution in [3.05, 3.63) is 60.2 Å². The van der Waals surface area contributed by atoms with Gasteiger partial charge in [0.25, 0.3) is 0 Å². The maximum Gasteiger partial charge on any atom is 0.234 e. The first-order chi connectivity index (χ1) is 11.3. The molecule has 1 N–H and O–H groups in total. The topological polar surface area (TPSA) is 38.3 Å². The molecule has 1 aliphatic heterocycles. The number of rotatable bonds is 6. The molecule has 2 atom stereocenters. The lowest BCUT2D eigenvalue weighted by Gasteiger charge is -2.12. The van der Waals surface area contributed by atoms with E-state index in [2.05, 4.69) is 12.2 Å². The maximum atomic E-state index is 12.1. The molecule has 2 aromatic carbocycles. The number of para-hydroxylation sites is 1. The Labute approximate surface area is 141 Å². The first kappa shape index (κ1) is 15.9. The molecule has 120 valence electrons. The van der Waals surface area contributed by atoms with Crippen LogP contribution < -0.4 is 10.1 Å². The number of nitrogens with one attached hydrogen (secondary N) is 1. The molecule has 0 aromatic heterocycles. The van der Waals surface area contributed by atoms with E-state index in [-0.39, 0.29) is 16.5 Å². The van der Waals surface area contributed by atoms with Gasteiger partial charge < -0.3 is 10.1 Å². The highest BCUT2D eigenvalue weighted by molar-refractivity contribution is 8.01. The predicted molar refractivity (Wildman–Crippen MR) is 94.7 cm³/mol. The summed E-state index contributed by atoms with van der Waals surface area (Å²) in [5.74, 6) is 1.76. The quantitative estimate of drug-likeness (QED) is 0.820. The van der Waals surface area contributed by atoms with Gasteiger partial charge in [-0.15, -0.1) is 11.8 Å². The molecule has 0 spiro atoms. The van der Waals surface area contributed by atoms with Crippen LogP contribution >= 0.6 is 11.8 Å². The maximum absolute atomic E-state index is 12.1. The highest BCUT2D eigenvalue weighted by atomic mass is 32.2. The molecule has 3 nitrogen and oxygen atoms in total. The van der Waals surface area contributed by atoms with Crippen LogP contribution in [0.3, 0.4) is 0 Å². The van der Waals surface area contributed by atoms with Crippen LogP contribution in [0.4, 0.5) is 0 Å². The van der Waals surface area contributed by atoms with Crippen molar-refractivity contribution >= 4 is 17.7 Å². The van der Waals surface area contributed by atoms with E-state index in [1.54, 1.807) is 11.8 Å². The third kappa shape index (κ3) is 4.08. The SMILES string of the molecule is CCCC[C@H]1S[C@H](c2cccc(Oc3ccccc3)c2)NC1=O. The van der Waals surface area contributed by atoms with Crippen LogP contribution in [0.5, 0.6) is 11.5 Å². The zero-order chi connectivity index (χ0) is 16.1. The van der Waals surface area contributed by atoms with E-state index in [0.29, 0.717) is 0 Å². The van der Waals surface area contributed by atoms with E-state index in [1.165, 1.54) is 0 Å². The molecule has 0 bridgehead atoms. The molecule has 1 amide bonds. The fourth-order valence-corrected chi connectivity index (χ4v) is 3.91. The van der Waals surface area contributed by atoms with Gasteiger partial charge in [-0.05, 0) is 36.2 Å². The zero-order valence-electron chi connectivity index (χ0n) is 13.2. The number of hydrogen-bond donors (Lipinski definition) is 1. The van der Waals surface area contributed by atoms with Crippen molar-refractivity contribution in [1.82, 2.24) is 5.32 Å². The predicted octanol–water partition coefficient (Wildman–Crippen LogP) is 4.90. The normalized spacial score (nSPS) is 20.3. The van der Waals surface area contributed by atoms with E-state index >= 15 is 0 Å². The number of carbonyl (C=O) groups is 1. The van der Waals surface area contributed by atoms with E-state index in [0.717, 1.165) is 36.3 Å². The summed E-state index contributed by atoms with van der Waals surface area (Å²) in [6.45, 7) is 2.15. The summed E-state index contributed by atoms with van der Waals surface area (Å²) in [7, 11) is 0. The van der Waals surface area contributed by atoms with E-state index < -0.39 is 0 Å². The summed E-state index contributed by atoms with van der Waals surface area (Å²) < 4.78 is 5.88. The van der Waals surface area contributed by atoms with Gasteiger partial charge in [0.2, 0.25) is 5.91 Å². The van der Waals surface area contributed by atoms with Crippen LogP contribution in [-0.4, -0.2) is 11.2 Å². The first-order valence-electron chi connectivity index (χ1n) is 8.05. The summed E-state index contributed by atoms with van der Waals surface area (Å²) in [4.78, 5) is 12.1. The molecule has 2 aromatic rings. The highest BCUT2D eigenvalue weighted by Gasteiger charge is 2.32. The summed E-state index contributed by atoms with van der Waals surface area (Å²) in [5, 5.41) is 3.17. The second-order valence-corrected chi connectivity index (χ2v) is 6.96. The van der Waals surface area contributed by atoms with Crippen molar-refractivity contribution in [1.29, 1.82) is 0 Å². The Bertz CT molecular complexity index is 659. The van der Waals surface area contributed by atoms with Gasteiger partial charge in [-0.3, -0.25) is 4.79 Å². The zero-order valence-corrected chi connectivity index (χ0v) is 14.0. The lowest BCUT2D eigenvalue weighted by Crippen LogP contribution is -2.23. The summed E-state index contributed by atoms with van der Waals surface area (Å²) in [6.07, 6.45) is 3.16. The van der Waals surface area contributed by atoms with Crippen molar-refractivity contribution in [3.8, 4) is 11.5 Å². The number of thioether (sulfide) groups is 1. The number of hydrogen-bond acceptors (Lipinski definition) is 3.